The minimum atomic E-state index is -0.265. The molecule has 3 aliphatic heterocycles. The van der Waals surface area contributed by atoms with Crippen LogP contribution in [0.15, 0.2) is 288 Å². The molecule has 22 heteroatoms. The second-order valence-corrected chi connectivity index (χ2v) is 31.0. The van der Waals surface area contributed by atoms with Crippen LogP contribution in [0, 0.1) is 12.3 Å². The zero-order valence-electron chi connectivity index (χ0n) is 71.5. The predicted octanol–water partition coefficient (Wildman–Crippen LogP) is 18.1. The van der Waals surface area contributed by atoms with E-state index in [0.29, 0.717) is 154 Å². The van der Waals surface area contributed by atoms with E-state index in [2.05, 4.69) is 68.6 Å². The zero-order chi connectivity index (χ0) is 86.7. The molecule has 0 spiro atoms. The summed E-state index contributed by atoms with van der Waals surface area (Å²) < 4.78 is 98.2. The summed E-state index contributed by atoms with van der Waals surface area (Å²) in [5, 5.41) is 22.1. The van der Waals surface area contributed by atoms with Crippen molar-refractivity contribution in [1.29, 1.82) is 0 Å². The number of fused-ring (bicyclic) bond motifs is 6. The summed E-state index contributed by atoms with van der Waals surface area (Å²) in [5.41, 5.74) is 13.9. The van der Waals surface area contributed by atoms with Crippen LogP contribution in [0.2, 0.25) is 0 Å². The standard InChI is InChI=1S/C36H38O6.C29H33BrO6.C28H31BrO6.C8H6.C2H6S.Na/c37-36-32-22-29(17-16-28-10-4-1-5-11-28)23-33(36)25-40-27-35(31-14-8-3-9-15-31)42-21-19-38-18-20-41-34(26-39-24-32)30-12-6-2-7-13-30;1-31-29-24-16-26(30)17-25(29)19-34-21-28(23-10-6-3-7-11-23)36-15-13-32-12-14-35-27(20-33-18-24)22-8-4-2-5-9-22;29-25-15-23-17-32-19-26(21-7-3-1-4-8-21)34-13-11-31-12-14-35-27(22-9-5-2-6-10-22)20-33-18-24(16-25)28(23)30;1-2-8-6-4-3-5-7-8;1-2-3;/h1-17,22-23,34-35,37H,18-21,24-27H2;2-11,16-17,27-28H,12-15,18-21H2,1H3;1-10,15-16,26-27,30H,11-14,17-20H2;1,3-7H;3H,2H2,1H3;/q;;;;;+1/p-1/t34-,35-;27-,28-;26-,27-;;;/m111.../s1. The van der Waals surface area contributed by atoms with Gasteiger partial charge in [0.25, 0.3) is 0 Å². The van der Waals surface area contributed by atoms with Crippen molar-refractivity contribution in [3.05, 3.63) is 371 Å². The number of hydrogen-bond donors (Lipinski definition) is 2. The smallest absolute Gasteiger partial charge is 0.793 e. The van der Waals surface area contributed by atoms with Crippen LogP contribution in [0.3, 0.4) is 0 Å². The molecule has 14 rings (SSSR count). The molecule has 3 heterocycles. The Labute approximate surface area is 782 Å². The van der Waals surface area contributed by atoms with Crippen molar-refractivity contribution >= 4 is 56.6 Å². The molecule has 6 bridgehead atoms. The van der Waals surface area contributed by atoms with Crippen molar-refractivity contribution in [3.8, 4) is 29.6 Å². The molecule has 0 radical (unpaired) electrons. The number of methoxy groups -OCH3 is 1. The fourth-order valence-electron chi connectivity index (χ4n) is 13.4. The quantitative estimate of drug-likeness (QED) is 0.0600. The normalized spacial score (nSPS) is 19.1. The Balaban J connectivity index is 0.000000199. The molecule has 0 aliphatic carbocycles. The molecule has 3 aliphatic rings. The van der Waals surface area contributed by atoms with Crippen LogP contribution in [0.5, 0.6) is 17.2 Å². The topological polar surface area (TPSA) is 188 Å². The Hall–Kier alpha value is -8.17. The number of phenols is 2. The van der Waals surface area contributed by atoms with Crippen molar-refractivity contribution < 1.29 is 116 Å². The van der Waals surface area contributed by atoms with Gasteiger partial charge in [0.15, 0.2) is 0 Å². The first-order chi connectivity index (χ1) is 61.1. The Morgan fingerprint density at radius 2 is 0.544 bits per heavy atom. The van der Waals surface area contributed by atoms with Crippen molar-refractivity contribution in [3.63, 3.8) is 0 Å². The Morgan fingerprint density at radius 1 is 0.328 bits per heavy atom. The van der Waals surface area contributed by atoms with Gasteiger partial charge in [0.1, 0.15) is 53.9 Å². The molecule has 11 aromatic rings. The maximum Gasteiger partial charge on any atom is 1.00 e. The minimum Gasteiger partial charge on any atom is -0.793 e. The second-order valence-electron chi connectivity index (χ2n) is 28.6. The first-order valence-corrected chi connectivity index (χ1v) is 43.9. The third-order valence-electron chi connectivity index (χ3n) is 19.6. The molecular formula is C103H113Br2NaO18S. The van der Waals surface area contributed by atoms with Crippen LogP contribution in [-0.4, -0.2) is 142 Å². The Bertz CT molecular complexity index is 4570. The van der Waals surface area contributed by atoms with Crippen LogP contribution in [-0.2, 0) is 123 Å². The minimum absolute atomic E-state index is 0. The largest absolute Gasteiger partial charge is 1.00 e. The average molecular weight is 1850 g/mol. The SMILES string of the molecule is C#Cc1ccccc1.CC[S-].COc1c2cc(Br)cc1COC[C@H](c1ccccc1)OCCOCCO[C@@H](c1ccccc1)COC2.Oc1c2cc(Br)cc1COC[C@H](c1ccccc1)OCCOCCO[C@@H](c1ccccc1)COC2.Oc1c2cc(C=Cc3ccccc3)cc1COC[C@H](c1ccccc1)OCCOCCO[C@@H](c1ccccc1)COC2.[Na+]. The van der Waals surface area contributed by atoms with E-state index >= 15 is 0 Å². The van der Waals surface area contributed by atoms with Gasteiger partial charge in [0.2, 0.25) is 0 Å². The van der Waals surface area contributed by atoms with Gasteiger partial charge in [-0.2, -0.15) is 5.75 Å². The average Bonchev–Trinajstić information content (AvgIpc) is 0.834. The molecule has 0 fully saturated rings. The number of terminal acetylenes is 1. The second kappa shape index (κ2) is 59.8. The van der Waals surface area contributed by atoms with Crippen molar-refractivity contribution in [1.82, 2.24) is 0 Å². The van der Waals surface area contributed by atoms with Gasteiger partial charge in [-0.1, -0.05) is 287 Å². The number of halogens is 2. The van der Waals surface area contributed by atoms with E-state index in [9.17, 15) is 10.2 Å². The molecule has 0 saturated carbocycles. The zero-order valence-corrected chi connectivity index (χ0v) is 77.5. The molecule has 0 saturated heterocycles. The maximum atomic E-state index is 11.3. The van der Waals surface area contributed by atoms with E-state index < -0.39 is 0 Å². The summed E-state index contributed by atoms with van der Waals surface area (Å²) >= 11 is 11.6. The monoisotopic (exact) mass is 1850 g/mol. The predicted molar refractivity (Wildman–Crippen MR) is 493 cm³/mol. The molecule has 654 valence electrons. The van der Waals surface area contributed by atoms with Gasteiger partial charge in [-0.25, -0.2) is 0 Å². The summed E-state index contributed by atoms with van der Waals surface area (Å²) in [6.07, 6.45) is 7.78. The van der Waals surface area contributed by atoms with Crippen LogP contribution < -0.4 is 34.3 Å². The van der Waals surface area contributed by atoms with E-state index in [0.717, 1.165) is 81.6 Å². The molecule has 6 atom stereocenters. The van der Waals surface area contributed by atoms with Crippen LogP contribution in [0.25, 0.3) is 12.2 Å². The van der Waals surface area contributed by atoms with Crippen molar-refractivity contribution in [2.45, 2.75) is 83.2 Å². The maximum absolute atomic E-state index is 11.3. The molecule has 18 nitrogen and oxygen atoms in total. The fraction of sp³-hybridized carbons (Fsp3) is 0.320. The van der Waals surface area contributed by atoms with E-state index in [1.807, 2.05) is 280 Å². The molecule has 2 N–H and O–H groups in total. The molecule has 0 aromatic heterocycles. The van der Waals surface area contributed by atoms with Gasteiger partial charge in [0, 0.05) is 47.9 Å². The summed E-state index contributed by atoms with van der Waals surface area (Å²) in [5.74, 6) is 4.48. The number of rotatable bonds is 9. The van der Waals surface area contributed by atoms with E-state index in [1.165, 1.54) is 0 Å². The Morgan fingerprint density at radius 3 is 0.784 bits per heavy atom. The third-order valence-corrected chi connectivity index (χ3v) is 20.5. The molecule has 0 amide bonds. The van der Waals surface area contributed by atoms with Gasteiger partial charge in [-0.15, -0.1) is 6.42 Å². The van der Waals surface area contributed by atoms with Gasteiger partial charge in [-0.05, 0) is 93.0 Å². The van der Waals surface area contributed by atoms with Gasteiger partial charge >= 0.3 is 29.6 Å². The summed E-state index contributed by atoms with van der Waals surface area (Å²) in [6.45, 7) is 11.2. The van der Waals surface area contributed by atoms with Crippen molar-refractivity contribution in [2.75, 3.05) is 132 Å². The van der Waals surface area contributed by atoms with E-state index in [1.54, 1.807) is 7.11 Å². The summed E-state index contributed by atoms with van der Waals surface area (Å²) in [7, 11) is 1.67. The van der Waals surface area contributed by atoms with Crippen molar-refractivity contribution in [2.24, 2.45) is 0 Å². The van der Waals surface area contributed by atoms with Gasteiger partial charge in [0.05, 0.1) is 166 Å². The van der Waals surface area contributed by atoms with Gasteiger partial charge in [-0.3, -0.25) is 0 Å². The number of ether oxygens (including phenoxy) is 16. The molecule has 0 unspecified atom stereocenters. The van der Waals surface area contributed by atoms with Crippen LogP contribution in [0.4, 0.5) is 0 Å². The van der Waals surface area contributed by atoms with E-state index in [-0.39, 0.29) is 104 Å². The summed E-state index contributed by atoms with van der Waals surface area (Å²) in [4.78, 5) is 0. The summed E-state index contributed by atoms with van der Waals surface area (Å²) in [6, 6.07) is 91.6. The van der Waals surface area contributed by atoms with Gasteiger partial charge < -0.3 is 98.6 Å². The third kappa shape index (κ3) is 36.5. The Kier molecular flexibility index (Phi) is 48.1. The first kappa shape index (κ1) is 101. The number of aromatic hydroxyl groups is 2. The van der Waals surface area contributed by atoms with Crippen LogP contribution >= 0.6 is 31.9 Å². The molecular weight excluding hydrogens is 1740 g/mol. The number of benzene rings is 11. The molecule has 11 aromatic carbocycles. The molecule has 125 heavy (non-hydrogen) atoms. The van der Waals surface area contributed by atoms with E-state index in [4.69, 9.17) is 82.2 Å². The van der Waals surface area contributed by atoms with Crippen LogP contribution in [0.1, 0.15) is 127 Å². The number of hydrogen-bond acceptors (Lipinski definition) is 19. The number of phenolic OH excluding ortho intramolecular Hbond substituents is 2. The first-order valence-electron chi connectivity index (χ1n) is 41.8. The fourth-order valence-corrected chi connectivity index (χ4v) is 14.5.